The molecule has 0 aliphatic heterocycles. The summed E-state index contributed by atoms with van der Waals surface area (Å²) in [7, 11) is 0. The summed E-state index contributed by atoms with van der Waals surface area (Å²) < 4.78 is 0. The summed E-state index contributed by atoms with van der Waals surface area (Å²) in [5, 5.41) is 9.32. The smallest absolute Gasteiger partial charge is 0.0720 e. The Morgan fingerprint density at radius 3 is 2.42 bits per heavy atom. The van der Waals surface area contributed by atoms with Crippen molar-refractivity contribution in [3.05, 3.63) is 12.2 Å². The van der Waals surface area contributed by atoms with Gasteiger partial charge >= 0.3 is 0 Å². The molecule has 1 atom stereocenters. The van der Waals surface area contributed by atoms with Crippen LogP contribution in [0.25, 0.3) is 0 Å². The van der Waals surface area contributed by atoms with Crippen LogP contribution in [0.5, 0.6) is 0 Å². The third-order valence-corrected chi connectivity index (χ3v) is 2.02. The molecule has 0 aromatic rings. The second-order valence-corrected chi connectivity index (χ2v) is 3.30. The van der Waals surface area contributed by atoms with Crippen LogP contribution in [-0.2, 0) is 0 Å². The van der Waals surface area contributed by atoms with Crippen LogP contribution in [0.15, 0.2) is 12.2 Å². The van der Waals surface area contributed by atoms with E-state index < -0.39 is 0 Å². The summed E-state index contributed by atoms with van der Waals surface area (Å²) in [4.78, 5) is 0. The molecule has 0 saturated carbocycles. The van der Waals surface area contributed by atoms with Gasteiger partial charge in [0, 0.05) is 0 Å². The van der Waals surface area contributed by atoms with E-state index >= 15 is 0 Å². The van der Waals surface area contributed by atoms with Gasteiger partial charge in [-0.2, -0.15) is 0 Å². The van der Waals surface area contributed by atoms with Gasteiger partial charge in [0.1, 0.15) is 0 Å². The zero-order valence-electron chi connectivity index (χ0n) is 8.42. The van der Waals surface area contributed by atoms with E-state index in [0.717, 1.165) is 12.8 Å². The first-order valence-corrected chi connectivity index (χ1v) is 5.12. The minimum absolute atomic E-state index is 0.211. The maximum Gasteiger partial charge on any atom is 0.0720 e. The Morgan fingerprint density at radius 2 is 1.83 bits per heavy atom. The number of rotatable bonds is 7. The predicted octanol–water partition coefficient (Wildman–Crippen LogP) is 3.28. The molecule has 0 heterocycles. The van der Waals surface area contributed by atoms with Crippen LogP contribution in [0.3, 0.4) is 0 Å². The Kier molecular flexibility index (Phi) is 8.57. The van der Waals surface area contributed by atoms with Crippen LogP contribution in [0.2, 0.25) is 0 Å². The molecule has 0 fully saturated rings. The van der Waals surface area contributed by atoms with Crippen molar-refractivity contribution in [2.24, 2.45) is 0 Å². The maximum atomic E-state index is 9.32. The lowest BCUT2D eigenvalue weighted by Gasteiger charge is -2.04. The molecule has 72 valence electrons. The highest BCUT2D eigenvalue weighted by molar-refractivity contribution is 4.84. The van der Waals surface area contributed by atoms with Gasteiger partial charge in [-0.3, -0.25) is 0 Å². The van der Waals surface area contributed by atoms with E-state index in [1.165, 1.54) is 25.7 Å². The summed E-state index contributed by atoms with van der Waals surface area (Å²) in [6.45, 7) is 4.16. The van der Waals surface area contributed by atoms with E-state index in [1.807, 2.05) is 19.1 Å². The van der Waals surface area contributed by atoms with Crippen molar-refractivity contribution in [3.8, 4) is 0 Å². The summed E-state index contributed by atoms with van der Waals surface area (Å²) in [6, 6.07) is 0. The fraction of sp³-hybridized carbons (Fsp3) is 0.818. The number of unbranched alkanes of at least 4 members (excludes halogenated alkanes) is 4. The summed E-state index contributed by atoms with van der Waals surface area (Å²) in [5.41, 5.74) is 0. The molecule has 1 heteroatoms. The van der Waals surface area contributed by atoms with E-state index in [-0.39, 0.29) is 6.10 Å². The molecule has 0 aromatic carbocycles. The van der Waals surface area contributed by atoms with E-state index in [0.29, 0.717) is 0 Å². The molecule has 0 radical (unpaired) electrons. The fourth-order valence-electron chi connectivity index (χ4n) is 1.28. The zero-order chi connectivity index (χ0) is 9.23. The first-order valence-electron chi connectivity index (χ1n) is 5.12. The van der Waals surface area contributed by atoms with Gasteiger partial charge in [0.15, 0.2) is 0 Å². The number of aliphatic hydroxyl groups excluding tert-OH is 1. The van der Waals surface area contributed by atoms with Gasteiger partial charge < -0.3 is 5.11 Å². The summed E-state index contributed by atoms with van der Waals surface area (Å²) in [5.74, 6) is 0. The third kappa shape index (κ3) is 7.80. The average molecular weight is 170 g/mol. The number of allylic oxidation sites excluding steroid dienone is 1. The molecule has 0 aliphatic carbocycles. The van der Waals surface area contributed by atoms with Crippen molar-refractivity contribution in [1.29, 1.82) is 0 Å². The molecule has 0 amide bonds. The van der Waals surface area contributed by atoms with Crippen LogP contribution in [0.1, 0.15) is 52.4 Å². The van der Waals surface area contributed by atoms with Crippen LogP contribution < -0.4 is 0 Å². The molecule has 0 rings (SSSR count). The lowest BCUT2D eigenvalue weighted by Crippen LogP contribution is -2.00. The first kappa shape index (κ1) is 11.7. The highest BCUT2D eigenvalue weighted by Crippen LogP contribution is 2.07. The van der Waals surface area contributed by atoms with E-state index in [4.69, 9.17) is 0 Å². The Balaban J connectivity index is 3.08. The summed E-state index contributed by atoms with van der Waals surface area (Å²) >= 11 is 0. The van der Waals surface area contributed by atoms with Crippen LogP contribution in [0, 0.1) is 0 Å². The van der Waals surface area contributed by atoms with E-state index in [9.17, 15) is 5.11 Å². The minimum Gasteiger partial charge on any atom is -0.389 e. The molecule has 12 heavy (non-hydrogen) atoms. The molecular weight excluding hydrogens is 148 g/mol. The lowest BCUT2D eigenvalue weighted by molar-refractivity contribution is 0.208. The number of hydrogen-bond acceptors (Lipinski definition) is 1. The molecule has 1 nitrogen and oxygen atoms in total. The van der Waals surface area contributed by atoms with Crippen molar-refractivity contribution < 1.29 is 5.11 Å². The van der Waals surface area contributed by atoms with Crippen LogP contribution >= 0.6 is 0 Å². The van der Waals surface area contributed by atoms with Crippen molar-refractivity contribution in [2.75, 3.05) is 0 Å². The molecule has 0 saturated heterocycles. The Bertz CT molecular complexity index is 108. The molecule has 0 bridgehead atoms. The molecule has 0 aromatic heterocycles. The standard InChI is InChI=1S/C11H22O/c1-3-5-6-7-8-10-11(12)9-4-2/h4,9,11-12H,3,5-8,10H2,1-2H3/b9-4+. The van der Waals surface area contributed by atoms with Gasteiger partial charge in [-0.05, 0) is 13.3 Å². The number of hydrogen-bond donors (Lipinski definition) is 1. The largest absolute Gasteiger partial charge is 0.389 e. The fourth-order valence-corrected chi connectivity index (χ4v) is 1.28. The van der Waals surface area contributed by atoms with Crippen LogP contribution in [0.4, 0.5) is 0 Å². The van der Waals surface area contributed by atoms with Gasteiger partial charge in [0.2, 0.25) is 0 Å². The molecule has 1 unspecified atom stereocenters. The van der Waals surface area contributed by atoms with E-state index in [1.54, 1.807) is 0 Å². The van der Waals surface area contributed by atoms with Gasteiger partial charge in [0.05, 0.1) is 6.10 Å². The normalized spacial score (nSPS) is 13.9. The van der Waals surface area contributed by atoms with Gasteiger partial charge in [0.25, 0.3) is 0 Å². The van der Waals surface area contributed by atoms with Gasteiger partial charge in [-0.15, -0.1) is 0 Å². The van der Waals surface area contributed by atoms with Gasteiger partial charge in [-0.1, -0.05) is 51.2 Å². The van der Waals surface area contributed by atoms with Crippen molar-refractivity contribution in [1.82, 2.24) is 0 Å². The maximum absolute atomic E-state index is 9.32. The second kappa shape index (κ2) is 8.79. The number of aliphatic hydroxyl groups is 1. The molecule has 1 N–H and O–H groups in total. The topological polar surface area (TPSA) is 20.2 Å². The Morgan fingerprint density at radius 1 is 1.17 bits per heavy atom. The quantitative estimate of drug-likeness (QED) is 0.459. The average Bonchev–Trinajstić information content (AvgIpc) is 2.05. The lowest BCUT2D eigenvalue weighted by atomic mass is 10.1. The van der Waals surface area contributed by atoms with E-state index in [2.05, 4.69) is 6.92 Å². The zero-order valence-corrected chi connectivity index (χ0v) is 8.42. The minimum atomic E-state index is -0.211. The van der Waals surface area contributed by atoms with Crippen LogP contribution in [-0.4, -0.2) is 11.2 Å². The summed E-state index contributed by atoms with van der Waals surface area (Å²) in [6.07, 6.45) is 10.9. The Labute approximate surface area is 76.5 Å². The molecule has 0 aliphatic rings. The van der Waals surface area contributed by atoms with Crippen molar-refractivity contribution >= 4 is 0 Å². The highest BCUT2D eigenvalue weighted by Gasteiger charge is 1.97. The monoisotopic (exact) mass is 170 g/mol. The Hall–Kier alpha value is -0.300. The second-order valence-electron chi connectivity index (χ2n) is 3.30. The highest BCUT2D eigenvalue weighted by atomic mass is 16.3. The predicted molar refractivity (Wildman–Crippen MR) is 54.2 cm³/mol. The molecule has 0 spiro atoms. The van der Waals surface area contributed by atoms with Crippen molar-refractivity contribution in [2.45, 2.75) is 58.5 Å². The molecular formula is C11H22O. The van der Waals surface area contributed by atoms with Crippen molar-refractivity contribution in [3.63, 3.8) is 0 Å². The first-order chi connectivity index (χ1) is 5.81. The third-order valence-electron chi connectivity index (χ3n) is 2.02. The van der Waals surface area contributed by atoms with Gasteiger partial charge in [-0.25, -0.2) is 0 Å². The SMILES string of the molecule is C/C=C/C(O)CCCCCCC.